The summed E-state index contributed by atoms with van der Waals surface area (Å²) in [6.07, 6.45) is 0.750. The van der Waals surface area contributed by atoms with Gasteiger partial charge in [-0.05, 0) is 46.3 Å². The van der Waals surface area contributed by atoms with Crippen LogP contribution in [-0.2, 0) is 6.61 Å². The van der Waals surface area contributed by atoms with Gasteiger partial charge in [0.15, 0.2) is 6.29 Å². The molecule has 0 heterocycles. The summed E-state index contributed by atoms with van der Waals surface area (Å²) in [6.45, 7) is 0.239. The van der Waals surface area contributed by atoms with E-state index >= 15 is 0 Å². The SMILES string of the molecule is O=Cc1cccc(Br)c1OCc1cc(Cl)ccc1Cl. The van der Waals surface area contributed by atoms with Crippen molar-refractivity contribution < 1.29 is 9.53 Å². The van der Waals surface area contributed by atoms with Crippen molar-refractivity contribution in [2.75, 3.05) is 0 Å². The summed E-state index contributed by atoms with van der Waals surface area (Å²) >= 11 is 15.3. The van der Waals surface area contributed by atoms with Gasteiger partial charge in [-0.2, -0.15) is 0 Å². The van der Waals surface area contributed by atoms with Gasteiger partial charge in [-0.1, -0.05) is 29.3 Å². The third-order valence-corrected chi connectivity index (χ3v) is 3.73. The van der Waals surface area contributed by atoms with Gasteiger partial charge in [0.25, 0.3) is 0 Å². The first kappa shape index (κ1) is 14.4. The Morgan fingerprint density at radius 3 is 2.74 bits per heavy atom. The van der Waals surface area contributed by atoms with Gasteiger partial charge in [0.05, 0.1) is 10.0 Å². The number of para-hydroxylation sites is 1. The fraction of sp³-hybridized carbons (Fsp3) is 0.0714. The molecule has 0 unspecified atom stereocenters. The average molecular weight is 360 g/mol. The van der Waals surface area contributed by atoms with E-state index in [1.54, 1.807) is 30.3 Å². The molecule has 19 heavy (non-hydrogen) atoms. The molecule has 0 aliphatic heterocycles. The molecular weight excluding hydrogens is 351 g/mol. The fourth-order valence-corrected chi connectivity index (χ4v) is 2.44. The zero-order valence-corrected chi connectivity index (χ0v) is 12.8. The molecule has 0 spiro atoms. The molecule has 5 heteroatoms. The molecule has 0 radical (unpaired) electrons. The standard InChI is InChI=1S/C14H9BrCl2O2/c15-12-3-1-2-9(7-18)14(12)19-8-10-6-11(16)4-5-13(10)17/h1-7H,8H2. The Morgan fingerprint density at radius 1 is 1.21 bits per heavy atom. The monoisotopic (exact) mass is 358 g/mol. The van der Waals surface area contributed by atoms with E-state index in [0.717, 1.165) is 16.3 Å². The third kappa shape index (κ3) is 3.50. The summed E-state index contributed by atoms with van der Waals surface area (Å²) in [7, 11) is 0. The maximum Gasteiger partial charge on any atom is 0.153 e. The minimum Gasteiger partial charge on any atom is -0.487 e. The molecule has 2 aromatic rings. The van der Waals surface area contributed by atoms with E-state index < -0.39 is 0 Å². The van der Waals surface area contributed by atoms with Crippen molar-refractivity contribution in [3.8, 4) is 5.75 Å². The topological polar surface area (TPSA) is 26.3 Å². The van der Waals surface area contributed by atoms with Crippen LogP contribution in [0.2, 0.25) is 10.0 Å². The number of halogens is 3. The van der Waals surface area contributed by atoms with Gasteiger partial charge in [0.2, 0.25) is 0 Å². The second-order valence-corrected chi connectivity index (χ2v) is 5.50. The van der Waals surface area contributed by atoms with E-state index in [9.17, 15) is 4.79 Å². The number of benzene rings is 2. The number of aldehydes is 1. The van der Waals surface area contributed by atoms with Crippen molar-refractivity contribution in [1.29, 1.82) is 0 Å². The zero-order valence-electron chi connectivity index (χ0n) is 9.70. The van der Waals surface area contributed by atoms with Gasteiger partial charge < -0.3 is 4.74 Å². The number of rotatable bonds is 4. The first-order valence-electron chi connectivity index (χ1n) is 5.42. The van der Waals surface area contributed by atoms with Crippen LogP contribution in [0.4, 0.5) is 0 Å². The second-order valence-electron chi connectivity index (χ2n) is 3.80. The molecule has 0 atom stereocenters. The van der Waals surface area contributed by atoms with E-state index in [2.05, 4.69) is 15.9 Å². The average Bonchev–Trinajstić information content (AvgIpc) is 2.40. The van der Waals surface area contributed by atoms with E-state index in [4.69, 9.17) is 27.9 Å². The van der Waals surface area contributed by atoms with Gasteiger partial charge in [0.1, 0.15) is 12.4 Å². The lowest BCUT2D eigenvalue weighted by Crippen LogP contribution is -1.99. The van der Waals surface area contributed by atoms with E-state index in [1.165, 1.54) is 0 Å². The van der Waals surface area contributed by atoms with Crippen molar-refractivity contribution in [1.82, 2.24) is 0 Å². The summed E-state index contributed by atoms with van der Waals surface area (Å²) in [4.78, 5) is 11.0. The molecular formula is C14H9BrCl2O2. The molecule has 0 amide bonds. The predicted molar refractivity (Wildman–Crippen MR) is 80.3 cm³/mol. The normalized spacial score (nSPS) is 10.3. The van der Waals surface area contributed by atoms with Crippen molar-refractivity contribution in [3.05, 3.63) is 62.0 Å². The largest absolute Gasteiger partial charge is 0.487 e. The molecule has 2 nitrogen and oxygen atoms in total. The lowest BCUT2D eigenvalue weighted by Gasteiger charge is -2.11. The molecule has 0 aliphatic carbocycles. The van der Waals surface area contributed by atoms with Crippen LogP contribution >= 0.6 is 39.1 Å². The van der Waals surface area contributed by atoms with Gasteiger partial charge in [-0.3, -0.25) is 4.79 Å². The number of hydrogen-bond acceptors (Lipinski definition) is 2. The molecule has 0 N–H and O–H groups in total. The van der Waals surface area contributed by atoms with E-state index in [-0.39, 0.29) is 6.61 Å². The van der Waals surface area contributed by atoms with Crippen LogP contribution in [-0.4, -0.2) is 6.29 Å². The summed E-state index contributed by atoms with van der Waals surface area (Å²) in [5.41, 5.74) is 1.24. The Hall–Kier alpha value is -1.03. The molecule has 0 bridgehead atoms. The summed E-state index contributed by atoms with van der Waals surface area (Å²) < 4.78 is 6.38. The van der Waals surface area contributed by atoms with Crippen molar-refractivity contribution >= 4 is 45.4 Å². The molecule has 2 aromatic carbocycles. The highest BCUT2D eigenvalue weighted by Crippen LogP contribution is 2.30. The number of hydrogen-bond donors (Lipinski definition) is 0. The molecule has 0 aliphatic rings. The van der Waals surface area contributed by atoms with Crippen LogP contribution in [0.25, 0.3) is 0 Å². The van der Waals surface area contributed by atoms with Crippen LogP contribution in [0.5, 0.6) is 5.75 Å². The van der Waals surface area contributed by atoms with Crippen LogP contribution in [0.1, 0.15) is 15.9 Å². The van der Waals surface area contributed by atoms with E-state index in [1.807, 2.05) is 6.07 Å². The van der Waals surface area contributed by atoms with Crippen LogP contribution in [0, 0.1) is 0 Å². The molecule has 0 saturated carbocycles. The Bertz CT molecular complexity index is 614. The van der Waals surface area contributed by atoms with Crippen LogP contribution in [0.15, 0.2) is 40.9 Å². The van der Waals surface area contributed by atoms with Crippen molar-refractivity contribution in [3.63, 3.8) is 0 Å². The number of carbonyl (C=O) groups is 1. The number of ether oxygens (including phenoxy) is 1. The van der Waals surface area contributed by atoms with E-state index in [0.29, 0.717) is 21.4 Å². The highest BCUT2D eigenvalue weighted by Gasteiger charge is 2.09. The smallest absolute Gasteiger partial charge is 0.153 e. The lowest BCUT2D eigenvalue weighted by atomic mass is 10.2. The molecule has 98 valence electrons. The fourth-order valence-electron chi connectivity index (χ4n) is 1.57. The third-order valence-electron chi connectivity index (χ3n) is 2.50. The molecule has 0 fully saturated rings. The summed E-state index contributed by atoms with van der Waals surface area (Å²) in [5.74, 6) is 0.494. The molecule has 0 saturated heterocycles. The number of carbonyl (C=O) groups excluding carboxylic acids is 1. The highest BCUT2D eigenvalue weighted by atomic mass is 79.9. The van der Waals surface area contributed by atoms with Gasteiger partial charge in [0, 0.05) is 15.6 Å². The first-order chi connectivity index (χ1) is 9.11. The molecule has 2 rings (SSSR count). The predicted octanol–water partition coefficient (Wildman–Crippen LogP) is 5.15. The van der Waals surface area contributed by atoms with Gasteiger partial charge >= 0.3 is 0 Å². The maximum atomic E-state index is 11.0. The Balaban J connectivity index is 2.23. The van der Waals surface area contributed by atoms with Crippen molar-refractivity contribution in [2.24, 2.45) is 0 Å². The maximum absolute atomic E-state index is 11.0. The first-order valence-corrected chi connectivity index (χ1v) is 6.97. The van der Waals surface area contributed by atoms with Gasteiger partial charge in [-0.25, -0.2) is 0 Å². The Kier molecular flexibility index (Phi) is 4.86. The molecule has 0 aromatic heterocycles. The zero-order chi connectivity index (χ0) is 13.8. The minimum atomic E-state index is 0.239. The second kappa shape index (κ2) is 6.42. The summed E-state index contributed by atoms with van der Waals surface area (Å²) in [6, 6.07) is 10.4. The Labute approximate surface area is 129 Å². The highest BCUT2D eigenvalue weighted by molar-refractivity contribution is 9.10. The van der Waals surface area contributed by atoms with Crippen molar-refractivity contribution in [2.45, 2.75) is 6.61 Å². The van der Waals surface area contributed by atoms with Crippen LogP contribution < -0.4 is 4.74 Å². The summed E-state index contributed by atoms with van der Waals surface area (Å²) in [5, 5.41) is 1.16. The minimum absolute atomic E-state index is 0.239. The van der Waals surface area contributed by atoms with Crippen LogP contribution in [0.3, 0.4) is 0 Å². The lowest BCUT2D eigenvalue weighted by molar-refractivity contribution is 0.111. The Morgan fingerprint density at radius 2 is 2.00 bits per heavy atom. The van der Waals surface area contributed by atoms with Gasteiger partial charge in [-0.15, -0.1) is 0 Å². The quantitative estimate of drug-likeness (QED) is 0.706.